The van der Waals surface area contributed by atoms with Crippen molar-refractivity contribution in [1.29, 1.82) is 0 Å². The summed E-state index contributed by atoms with van der Waals surface area (Å²) in [7, 11) is 0. The molecule has 0 radical (unpaired) electrons. The van der Waals surface area contributed by atoms with Gasteiger partial charge in [-0.25, -0.2) is 0 Å². The van der Waals surface area contributed by atoms with Crippen LogP contribution in [-0.4, -0.2) is 59.0 Å². The number of hydrogen-bond acceptors (Lipinski definition) is 7. The van der Waals surface area contributed by atoms with Gasteiger partial charge in [0.05, 0.1) is 5.92 Å². The van der Waals surface area contributed by atoms with Gasteiger partial charge in [-0.3, -0.25) is 33.7 Å². The van der Waals surface area contributed by atoms with Gasteiger partial charge in [-0.05, 0) is 49.8 Å². The van der Waals surface area contributed by atoms with Crippen LogP contribution in [0.5, 0.6) is 0 Å². The van der Waals surface area contributed by atoms with E-state index in [0.29, 0.717) is 37.9 Å². The molecule has 11 nitrogen and oxygen atoms in total. The number of carbonyl (C=O) groups is 6. The number of esters is 1. The number of rotatable bonds is 16. The van der Waals surface area contributed by atoms with Crippen molar-refractivity contribution in [2.75, 3.05) is 11.9 Å². The Hall–Kier alpha value is -4.02. The van der Waals surface area contributed by atoms with Crippen LogP contribution in [-0.2, 0) is 40.1 Å². The van der Waals surface area contributed by atoms with E-state index in [0.717, 1.165) is 5.56 Å². The number of nitrogens with zero attached hydrogens (tertiary/aromatic N) is 1. The maximum absolute atomic E-state index is 12.9. The third kappa shape index (κ3) is 10.8. The zero-order valence-electron chi connectivity index (χ0n) is 24.5. The van der Waals surface area contributed by atoms with Crippen LogP contribution in [0.25, 0.3) is 0 Å². The van der Waals surface area contributed by atoms with E-state index in [-0.39, 0.29) is 48.6 Å². The van der Waals surface area contributed by atoms with Crippen LogP contribution in [0.2, 0.25) is 0 Å². The lowest BCUT2D eigenvalue weighted by Gasteiger charge is -2.24. The molecule has 0 fully saturated rings. The molecule has 0 aliphatic carbocycles. The minimum Gasteiger partial charge on any atom is -0.461 e. The van der Waals surface area contributed by atoms with Crippen molar-refractivity contribution in [2.24, 2.45) is 11.8 Å². The number of ether oxygens (including phenoxy) is 1. The molecule has 0 saturated heterocycles. The third-order valence-electron chi connectivity index (χ3n) is 6.82. The van der Waals surface area contributed by atoms with Crippen molar-refractivity contribution in [3.05, 3.63) is 42.0 Å². The highest BCUT2D eigenvalue weighted by atomic mass is 16.5. The van der Waals surface area contributed by atoms with Crippen molar-refractivity contribution < 1.29 is 33.5 Å². The summed E-state index contributed by atoms with van der Waals surface area (Å²) in [4.78, 5) is 74.2. The first-order chi connectivity index (χ1) is 19.4. The Labute approximate surface area is 241 Å². The SMILES string of the molecule is CCC(C)C(=O)OCc1ccc(NC(=O)[C@@H](C)NC(=O)[C@H](NC(=O)CCCCCN2C(=O)C=CC2=O)C(C)C)cc1. The van der Waals surface area contributed by atoms with Crippen LogP contribution in [0.3, 0.4) is 0 Å². The molecule has 0 saturated carbocycles. The highest BCUT2D eigenvalue weighted by molar-refractivity contribution is 6.12. The van der Waals surface area contributed by atoms with Gasteiger partial charge in [0.25, 0.3) is 11.8 Å². The Morgan fingerprint density at radius 2 is 1.49 bits per heavy atom. The number of imide groups is 1. The minimum absolute atomic E-state index is 0.143. The maximum atomic E-state index is 12.9. The fourth-order valence-corrected chi connectivity index (χ4v) is 3.93. The Kier molecular flexibility index (Phi) is 13.2. The second-order valence-corrected chi connectivity index (χ2v) is 10.6. The Morgan fingerprint density at radius 3 is 2.07 bits per heavy atom. The summed E-state index contributed by atoms with van der Waals surface area (Å²) in [5, 5.41) is 8.15. The molecule has 224 valence electrons. The molecule has 3 atom stereocenters. The predicted octanol–water partition coefficient (Wildman–Crippen LogP) is 2.85. The summed E-state index contributed by atoms with van der Waals surface area (Å²) in [6.07, 6.45) is 5.15. The fourth-order valence-electron chi connectivity index (χ4n) is 3.93. The molecular formula is C30H42N4O7. The summed E-state index contributed by atoms with van der Waals surface area (Å²) >= 11 is 0. The summed E-state index contributed by atoms with van der Waals surface area (Å²) in [5.74, 6) is -2.46. The van der Waals surface area contributed by atoms with E-state index in [1.165, 1.54) is 17.1 Å². The second-order valence-electron chi connectivity index (χ2n) is 10.6. The molecule has 0 spiro atoms. The van der Waals surface area contributed by atoms with Gasteiger partial charge in [0.2, 0.25) is 17.7 Å². The first kappa shape index (κ1) is 33.2. The van der Waals surface area contributed by atoms with Crippen molar-refractivity contribution >= 4 is 41.2 Å². The highest BCUT2D eigenvalue weighted by Crippen LogP contribution is 2.13. The monoisotopic (exact) mass is 570 g/mol. The van der Waals surface area contributed by atoms with Crippen molar-refractivity contribution in [3.63, 3.8) is 0 Å². The van der Waals surface area contributed by atoms with E-state index in [4.69, 9.17) is 4.74 Å². The van der Waals surface area contributed by atoms with E-state index >= 15 is 0 Å². The molecule has 0 bridgehead atoms. The molecule has 1 unspecified atom stereocenters. The number of amides is 5. The topological polar surface area (TPSA) is 151 Å². The van der Waals surface area contributed by atoms with Gasteiger partial charge >= 0.3 is 5.97 Å². The molecule has 1 aromatic carbocycles. The zero-order chi connectivity index (χ0) is 30.5. The molecule has 1 heterocycles. The van der Waals surface area contributed by atoms with Gasteiger partial charge in [-0.2, -0.15) is 0 Å². The summed E-state index contributed by atoms with van der Waals surface area (Å²) < 4.78 is 5.28. The van der Waals surface area contributed by atoms with E-state index < -0.39 is 23.9 Å². The molecular weight excluding hydrogens is 528 g/mol. The first-order valence-electron chi connectivity index (χ1n) is 14.1. The Bertz CT molecular complexity index is 1110. The minimum atomic E-state index is -0.859. The van der Waals surface area contributed by atoms with E-state index in [9.17, 15) is 28.8 Å². The number of hydrogen-bond donors (Lipinski definition) is 3. The summed E-state index contributed by atoms with van der Waals surface area (Å²) in [6.45, 7) is 9.34. The predicted molar refractivity (Wildman–Crippen MR) is 153 cm³/mol. The smallest absolute Gasteiger partial charge is 0.308 e. The summed E-state index contributed by atoms with van der Waals surface area (Å²) in [5.41, 5.74) is 1.31. The first-order valence-corrected chi connectivity index (χ1v) is 14.1. The Morgan fingerprint density at radius 1 is 0.854 bits per heavy atom. The van der Waals surface area contributed by atoms with E-state index in [1.807, 2.05) is 13.8 Å². The summed E-state index contributed by atoms with van der Waals surface area (Å²) in [6, 6.07) is 5.19. The average Bonchev–Trinajstić information content (AvgIpc) is 3.26. The second kappa shape index (κ2) is 16.3. The normalized spacial score (nSPS) is 14.9. The van der Waals surface area contributed by atoms with Gasteiger partial charge in [0, 0.05) is 30.8 Å². The van der Waals surface area contributed by atoms with Crippen molar-refractivity contribution in [3.8, 4) is 0 Å². The van der Waals surface area contributed by atoms with Crippen LogP contribution < -0.4 is 16.0 Å². The Balaban J connectivity index is 1.75. The molecule has 11 heteroatoms. The van der Waals surface area contributed by atoms with Crippen LogP contribution in [0, 0.1) is 11.8 Å². The number of carbonyl (C=O) groups excluding carboxylic acids is 6. The van der Waals surface area contributed by atoms with Gasteiger partial charge in [0.15, 0.2) is 0 Å². The lowest BCUT2D eigenvalue weighted by atomic mass is 10.0. The highest BCUT2D eigenvalue weighted by Gasteiger charge is 2.27. The van der Waals surface area contributed by atoms with Gasteiger partial charge in [-0.15, -0.1) is 0 Å². The number of unbranched alkanes of at least 4 members (excludes halogenated alkanes) is 2. The van der Waals surface area contributed by atoms with Gasteiger partial charge in [0.1, 0.15) is 18.7 Å². The third-order valence-corrected chi connectivity index (χ3v) is 6.82. The molecule has 0 aromatic heterocycles. The lowest BCUT2D eigenvalue weighted by molar-refractivity contribution is -0.149. The van der Waals surface area contributed by atoms with Crippen LogP contribution in [0.4, 0.5) is 5.69 Å². The average molecular weight is 571 g/mol. The molecule has 41 heavy (non-hydrogen) atoms. The quantitative estimate of drug-likeness (QED) is 0.157. The standard InChI is InChI=1S/C30H42N4O7/c1-6-20(4)30(40)41-18-22-11-13-23(14-12-22)32-28(38)21(5)31-29(39)27(19(2)3)33-24(35)10-8-7-9-17-34-25(36)15-16-26(34)37/h11-16,19-21,27H,6-10,17-18H2,1-5H3,(H,31,39)(H,32,38)(H,33,35)/t20?,21-,27-/m1/s1. The number of anilines is 1. The molecule has 5 amide bonds. The largest absolute Gasteiger partial charge is 0.461 e. The molecule has 1 aliphatic rings. The molecule has 1 aliphatic heterocycles. The van der Waals surface area contributed by atoms with E-state index in [2.05, 4.69) is 16.0 Å². The molecule has 3 N–H and O–H groups in total. The van der Waals surface area contributed by atoms with Gasteiger partial charge < -0.3 is 20.7 Å². The fraction of sp³-hybridized carbons (Fsp3) is 0.533. The molecule has 1 aromatic rings. The molecule has 2 rings (SSSR count). The zero-order valence-corrected chi connectivity index (χ0v) is 24.5. The number of nitrogens with one attached hydrogen (secondary N) is 3. The van der Waals surface area contributed by atoms with Crippen molar-refractivity contribution in [2.45, 2.75) is 85.4 Å². The van der Waals surface area contributed by atoms with Gasteiger partial charge in [-0.1, -0.05) is 46.2 Å². The van der Waals surface area contributed by atoms with Crippen molar-refractivity contribution in [1.82, 2.24) is 15.5 Å². The van der Waals surface area contributed by atoms with Crippen LogP contribution in [0.15, 0.2) is 36.4 Å². The lowest BCUT2D eigenvalue weighted by Crippen LogP contribution is -2.53. The van der Waals surface area contributed by atoms with E-state index in [1.54, 1.807) is 45.0 Å². The van der Waals surface area contributed by atoms with Crippen LogP contribution in [0.1, 0.15) is 72.3 Å². The maximum Gasteiger partial charge on any atom is 0.308 e. The number of benzene rings is 1. The van der Waals surface area contributed by atoms with Crippen LogP contribution >= 0.6 is 0 Å².